The molecule has 1 aromatic carbocycles. The molecule has 0 radical (unpaired) electrons. The number of ether oxygens (including phenoxy) is 2. The highest BCUT2D eigenvalue weighted by molar-refractivity contribution is 5.59. The van der Waals surface area contributed by atoms with Gasteiger partial charge in [0, 0.05) is 18.8 Å². The summed E-state index contributed by atoms with van der Waals surface area (Å²) >= 11 is 0. The Morgan fingerprint density at radius 2 is 1.60 bits per heavy atom. The Kier molecular flexibility index (Phi) is 12.6. The predicted octanol–water partition coefficient (Wildman–Crippen LogP) is 7.40. The summed E-state index contributed by atoms with van der Waals surface area (Å²) in [6, 6.07) is 12.9. The van der Waals surface area contributed by atoms with Crippen molar-refractivity contribution in [2.75, 3.05) is 19.8 Å². The summed E-state index contributed by atoms with van der Waals surface area (Å²) in [6.45, 7) is 8.45. The van der Waals surface area contributed by atoms with Gasteiger partial charge in [-0.3, -0.25) is 4.98 Å². The van der Waals surface area contributed by atoms with E-state index in [1.54, 1.807) is 0 Å². The van der Waals surface area contributed by atoms with Gasteiger partial charge in [0.25, 0.3) is 0 Å². The maximum absolute atomic E-state index is 5.82. The molecule has 0 saturated heterocycles. The molecule has 0 aliphatic carbocycles. The van der Waals surface area contributed by atoms with E-state index < -0.39 is 0 Å². The van der Waals surface area contributed by atoms with Crippen LogP contribution in [0.3, 0.4) is 0 Å². The molecule has 0 fully saturated rings. The van der Waals surface area contributed by atoms with Gasteiger partial charge >= 0.3 is 0 Å². The molecule has 164 valence electrons. The Labute approximate surface area is 183 Å². The van der Waals surface area contributed by atoms with E-state index in [0.29, 0.717) is 0 Å². The van der Waals surface area contributed by atoms with Crippen LogP contribution >= 0.6 is 0 Å². The number of aromatic nitrogens is 1. The Bertz CT molecular complexity index is 679. The van der Waals surface area contributed by atoms with E-state index >= 15 is 0 Å². The second-order valence-corrected chi connectivity index (χ2v) is 7.84. The Hall–Kier alpha value is -2.13. The lowest BCUT2D eigenvalue weighted by Gasteiger charge is -2.08. The van der Waals surface area contributed by atoms with E-state index in [-0.39, 0.29) is 0 Å². The molecule has 0 bridgehead atoms. The first-order valence-electron chi connectivity index (χ1n) is 11.7. The number of pyridine rings is 1. The zero-order valence-corrected chi connectivity index (χ0v) is 18.8. The van der Waals surface area contributed by atoms with E-state index in [4.69, 9.17) is 9.47 Å². The summed E-state index contributed by atoms with van der Waals surface area (Å²) in [4.78, 5) is 4.58. The maximum atomic E-state index is 5.82. The van der Waals surface area contributed by atoms with Gasteiger partial charge in [-0.05, 0) is 62.6 Å². The molecule has 1 heterocycles. The minimum absolute atomic E-state index is 0.758. The summed E-state index contributed by atoms with van der Waals surface area (Å²) in [6.07, 6.45) is 15.5. The van der Waals surface area contributed by atoms with Crippen LogP contribution in [0.4, 0.5) is 0 Å². The smallest absolute Gasteiger partial charge is 0.137 e. The van der Waals surface area contributed by atoms with Crippen LogP contribution < -0.4 is 4.74 Å². The minimum atomic E-state index is 0.758. The topological polar surface area (TPSA) is 31.4 Å². The molecule has 0 unspecified atom stereocenters. The molecule has 0 aliphatic heterocycles. The van der Waals surface area contributed by atoms with Gasteiger partial charge in [-0.2, -0.15) is 0 Å². The van der Waals surface area contributed by atoms with Gasteiger partial charge in [-0.15, -0.1) is 6.58 Å². The average molecular weight is 410 g/mol. The van der Waals surface area contributed by atoms with Crippen LogP contribution in [0.5, 0.6) is 5.75 Å². The number of hydrogen-bond acceptors (Lipinski definition) is 3. The highest BCUT2D eigenvalue weighted by Gasteiger charge is 2.02. The molecule has 2 rings (SSSR count). The van der Waals surface area contributed by atoms with Crippen molar-refractivity contribution in [3.63, 3.8) is 0 Å². The summed E-state index contributed by atoms with van der Waals surface area (Å²) in [5, 5.41) is 0. The number of hydrogen-bond donors (Lipinski definition) is 0. The van der Waals surface area contributed by atoms with Gasteiger partial charge in [0.15, 0.2) is 0 Å². The van der Waals surface area contributed by atoms with E-state index in [9.17, 15) is 0 Å². The quantitative estimate of drug-likeness (QED) is 0.201. The first-order chi connectivity index (χ1) is 14.8. The van der Waals surface area contributed by atoms with Crippen molar-refractivity contribution < 1.29 is 9.47 Å². The molecule has 0 aliphatic rings. The number of allylic oxidation sites excluding steroid dienone is 1. The van der Waals surface area contributed by atoms with Crippen molar-refractivity contribution in [2.45, 2.75) is 71.1 Å². The molecular weight excluding hydrogens is 370 g/mol. The van der Waals surface area contributed by atoms with Crippen LogP contribution in [-0.4, -0.2) is 24.8 Å². The standard InChI is InChI=1S/C27H39NO2/c1-3-5-6-7-8-12-22-30-26-18-19-27(28-23-26)25-16-14-24(15-17-25)13-10-9-11-21-29-20-4-2/h3,14-19,23H,1,4-13,20-22H2,2H3. The maximum Gasteiger partial charge on any atom is 0.137 e. The third-order valence-electron chi connectivity index (χ3n) is 5.16. The average Bonchev–Trinajstić information content (AvgIpc) is 2.79. The van der Waals surface area contributed by atoms with Crippen LogP contribution in [0.15, 0.2) is 55.3 Å². The number of aryl methyl sites for hydroxylation is 1. The summed E-state index contributed by atoms with van der Waals surface area (Å²) in [5.41, 5.74) is 3.54. The van der Waals surface area contributed by atoms with Crippen LogP contribution in [0.25, 0.3) is 11.3 Å². The highest BCUT2D eigenvalue weighted by Crippen LogP contribution is 2.21. The lowest BCUT2D eigenvalue weighted by atomic mass is 10.0. The molecule has 0 atom stereocenters. The SMILES string of the molecule is C=CCCCCCCOc1ccc(-c2ccc(CCCCCOCCC)cc2)nc1. The van der Waals surface area contributed by atoms with Gasteiger partial charge in [0.1, 0.15) is 5.75 Å². The number of unbranched alkanes of at least 4 members (excludes halogenated alkanes) is 6. The molecule has 0 spiro atoms. The fraction of sp³-hybridized carbons (Fsp3) is 0.519. The predicted molar refractivity (Wildman–Crippen MR) is 127 cm³/mol. The van der Waals surface area contributed by atoms with Crippen molar-refractivity contribution in [3.8, 4) is 17.0 Å². The second-order valence-electron chi connectivity index (χ2n) is 7.84. The molecule has 2 aromatic rings. The molecule has 0 amide bonds. The lowest BCUT2D eigenvalue weighted by molar-refractivity contribution is 0.130. The monoisotopic (exact) mass is 409 g/mol. The Balaban J connectivity index is 1.66. The van der Waals surface area contributed by atoms with E-state index in [2.05, 4.69) is 42.8 Å². The van der Waals surface area contributed by atoms with Crippen LogP contribution in [0.1, 0.15) is 70.3 Å². The molecule has 3 heteroatoms. The fourth-order valence-corrected chi connectivity index (χ4v) is 3.37. The number of benzene rings is 1. The van der Waals surface area contributed by atoms with Crippen molar-refractivity contribution in [1.82, 2.24) is 4.98 Å². The van der Waals surface area contributed by atoms with Crippen molar-refractivity contribution >= 4 is 0 Å². The normalized spacial score (nSPS) is 10.8. The summed E-state index contributed by atoms with van der Waals surface area (Å²) < 4.78 is 11.4. The van der Waals surface area contributed by atoms with Gasteiger partial charge < -0.3 is 9.47 Å². The van der Waals surface area contributed by atoms with Crippen LogP contribution in [0, 0.1) is 0 Å². The Morgan fingerprint density at radius 3 is 2.33 bits per heavy atom. The van der Waals surface area contributed by atoms with E-state index in [0.717, 1.165) is 68.9 Å². The van der Waals surface area contributed by atoms with Crippen LogP contribution in [0.2, 0.25) is 0 Å². The first kappa shape index (κ1) is 24.1. The molecule has 30 heavy (non-hydrogen) atoms. The van der Waals surface area contributed by atoms with E-state index in [1.165, 1.54) is 37.7 Å². The summed E-state index contributed by atoms with van der Waals surface area (Å²) in [7, 11) is 0. The highest BCUT2D eigenvalue weighted by atomic mass is 16.5. The lowest BCUT2D eigenvalue weighted by Crippen LogP contribution is -1.98. The fourth-order valence-electron chi connectivity index (χ4n) is 3.37. The van der Waals surface area contributed by atoms with Crippen molar-refractivity contribution in [1.29, 1.82) is 0 Å². The van der Waals surface area contributed by atoms with Crippen LogP contribution in [-0.2, 0) is 11.2 Å². The van der Waals surface area contributed by atoms with Crippen molar-refractivity contribution in [3.05, 3.63) is 60.8 Å². The largest absolute Gasteiger partial charge is 0.492 e. The third-order valence-corrected chi connectivity index (χ3v) is 5.16. The molecule has 0 saturated carbocycles. The number of nitrogens with zero attached hydrogens (tertiary/aromatic N) is 1. The Morgan fingerprint density at radius 1 is 0.833 bits per heavy atom. The molecule has 0 N–H and O–H groups in total. The second kappa shape index (κ2) is 15.7. The van der Waals surface area contributed by atoms with E-state index in [1.807, 2.05) is 24.4 Å². The minimum Gasteiger partial charge on any atom is -0.492 e. The van der Waals surface area contributed by atoms with Gasteiger partial charge in [0.2, 0.25) is 0 Å². The molecule has 3 nitrogen and oxygen atoms in total. The molecular formula is C27H39NO2. The first-order valence-corrected chi connectivity index (χ1v) is 11.7. The van der Waals surface area contributed by atoms with Gasteiger partial charge in [0.05, 0.1) is 18.5 Å². The van der Waals surface area contributed by atoms with Gasteiger partial charge in [-0.1, -0.05) is 56.5 Å². The summed E-state index contributed by atoms with van der Waals surface area (Å²) in [5.74, 6) is 0.851. The zero-order chi connectivity index (χ0) is 21.3. The van der Waals surface area contributed by atoms with Gasteiger partial charge in [-0.25, -0.2) is 0 Å². The molecule has 1 aromatic heterocycles. The van der Waals surface area contributed by atoms with Crippen molar-refractivity contribution in [2.24, 2.45) is 0 Å². The third kappa shape index (κ3) is 10.1. The zero-order valence-electron chi connectivity index (χ0n) is 18.8. The number of rotatable bonds is 17.